The van der Waals surface area contributed by atoms with Gasteiger partial charge in [0.15, 0.2) is 0 Å². The Bertz CT molecular complexity index is 861. The average molecular weight is 327 g/mol. The molecule has 0 N–H and O–H groups in total. The maximum absolute atomic E-state index is 12.9. The molecule has 0 spiro atoms. The number of aromatic nitrogens is 2. The van der Waals surface area contributed by atoms with Crippen molar-refractivity contribution in [2.24, 2.45) is 7.05 Å². The zero-order valence-electron chi connectivity index (χ0n) is 12.6. The Morgan fingerprint density at radius 3 is 2.30 bits per heavy atom. The van der Waals surface area contributed by atoms with E-state index in [1.165, 1.54) is 17.8 Å². The maximum atomic E-state index is 12.9. The third kappa shape index (κ3) is 2.62. The number of rotatable bonds is 1. The van der Waals surface area contributed by atoms with Gasteiger partial charge in [-0.25, -0.2) is 9.47 Å². The van der Waals surface area contributed by atoms with Crippen LogP contribution in [0.5, 0.6) is 0 Å². The zero-order chi connectivity index (χ0) is 16.8. The van der Waals surface area contributed by atoms with E-state index in [0.717, 1.165) is 36.0 Å². The molecule has 1 aliphatic heterocycles. The van der Waals surface area contributed by atoms with Crippen LogP contribution in [0.3, 0.4) is 0 Å². The Kier molecular flexibility index (Phi) is 3.69. The first-order chi connectivity index (χ1) is 10.8. The minimum absolute atomic E-state index is 0.104. The number of piperidine rings is 1. The first-order valence-electron chi connectivity index (χ1n) is 7.39. The zero-order valence-corrected chi connectivity index (χ0v) is 12.6. The first-order valence-corrected chi connectivity index (χ1v) is 7.39. The molecule has 2 heterocycles. The Balaban J connectivity index is 2.31. The summed E-state index contributed by atoms with van der Waals surface area (Å²) in [5.74, 6) is 0. The highest BCUT2D eigenvalue weighted by molar-refractivity contribution is 5.79. The van der Waals surface area contributed by atoms with E-state index in [-0.39, 0.29) is 10.9 Å². The average Bonchev–Trinajstić information content (AvgIpc) is 2.53. The standard InChI is InChI=1S/C15H16F3N3O2/c1-19-13(22)11-9-10(15(16,17)18)5-6-12(11)21(14(19)23)20-7-3-2-4-8-20/h5-6,9H,2-4,7-8H2,1H3. The minimum atomic E-state index is -4.54. The second kappa shape index (κ2) is 5.43. The minimum Gasteiger partial charge on any atom is -0.308 e. The molecule has 5 nitrogen and oxygen atoms in total. The molecule has 23 heavy (non-hydrogen) atoms. The maximum Gasteiger partial charge on any atom is 0.416 e. The van der Waals surface area contributed by atoms with Gasteiger partial charge in [0.1, 0.15) is 0 Å². The third-order valence-corrected chi connectivity index (χ3v) is 4.17. The lowest BCUT2D eigenvalue weighted by Crippen LogP contribution is -2.50. The molecule has 0 atom stereocenters. The van der Waals surface area contributed by atoms with Gasteiger partial charge in [-0.3, -0.25) is 9.36 Å². The SMILES string of the molecule is Cn1c(=O)c2cc(C(F)(F)F)ccc2n(N2CCCCC2)c1=O. The fraction of sp³-hybridized carbons (Fsp3) is 0.467. The van der Waals surface area contributed by atoms with E-state index in [2.05, 4.69) is 0 Å². The Labute approximate surface area is 129 Å². The van der Waals surface area contributed by atoms with Crippen molar-refractivity contribution in [2.75, 3.05) is 18.1 Å². The molecule has 3 rings (SSSR count). The summed E-state index contributed by atoms with van der Waals surface area (Å²) in [4.78, 5) is 24.7. The number of hydrogen-bond acceptors (Lipinski definition) is 3. The van der Waals surface area contributed by atoms with Crippen molar-refractivity contribution < 1.29 is 13.2 Å². The molecule has 0 bridgehead atoms. The van der Waals surface area contributed by atoms with Crippen LogP contribution in [0.15, 0.2) is 27.8 Å². The van der Waals surface area contributed by atoms with Gasteiger partial charge >= 0.3 is 11.9 Å². The van der Waals surface area contributed by atoms with Crippen molar-refractivity contribution in [1.82, 2.24) is 9.24 Å². The molecule has 0 aliphatic carbocycles. The summed E-state index contributed by atoms with van der Waals surface area (Å²) in [6.07, 6.45) is -1.69. The van der Waals surface area contributed by atoms with E-state index < -0.39 is 23.0 Å². The van der Waals surface area contributed by atoms with Crippen LogP contribution in [0.25, 0.3) is 10.9 Å². The second-order valence-electron chi connectivity index (χ2n) is 5.70. The lowest BCUT2D eigenvalue weighted by Gasteiger charge is -2.31. The van der Waals surface area contributed by atoms with Gasteiger partial charge in [0, 0.05) is 20.1 Å². The highest BCUT2D eigenvalue weighted by Crippen LogP contribution is 2.30. The van der Waals surface area contributed by atoms with Crippen LogP contribution in [0.4, 0.5) is 13.2 Å². The molecular weight excluding hydrogens is 311 g/mol. The highest BCUT2D eigenvalue weighted by atomic mass is 19.4. The fourth-order valence-corrected chi connectivity index (χ4v) is 2.93. The smallest absolute Gasteiger partial charge is 0.308 e. The Hall–Kier alpha value is -2.25. The first kappa shape index (κ1) is 15.6. The van der Waals surface area contributed by atoms with Crippen molar-refractivity contribution in [3.05, 3.63) is 44.6 Å². The number of benzene rings is 1. The molecule has 1 aromatic carbocycles. The van der Waals surface area contributed by atoms with Crippen LogP contribution in [0.1, 0.15) is 24.8 Å². The molecular formula is C15H16F3N3O2. The topological polar surface area (TPSA) is 47.2 Å². The monoisotopic (exact) mass is 327 g/mol. The van der Waals surface area contributed by atoms with Crippen molar-refractivity contribution in [3.63, 3.8) is 0 Å². The molecule has 1 fully saturated rings. The number of nitrogens with zero attached hydrogens (tertiary/aromatic N) is 3. The summed E-state index contributed by atoms with van der Waals surface area (Å²) in [5.41, 5.74) is -1.94. The number of fused-ring (bicyclic) bond motifs is 1. The van der Waals surface area contributed by atoms with E-state index in [1.807, 2.05) is 0 Å². The van der Waals surface area contributed by atoms with Gasteiger partial charge in [-0.1, -0.05) is 0 Å². The second-order valence-corrected chi connectivity index (χ2v) is 5.70. The van der Waals surface area contributed by atoms with Crippen LogP contribution in [0.2, 0.25) is 0 Å². The van der Waals surface area contributed by atoms with Crippen molar-refractivity contribution in [1.29, 1.82) is 0 Å². The molecule has 0 saturated carbocycles. The summed E-state index contributed by atoms with van der Waals surface area (Å²) < 4.78 is 40.9. The molecule has 0 radical (unpaired) electrons. The Morgan fingerprint density at radius 2 is 1.70 bits per heavy atom. The number of alkyl halides is 3. The van der Waals surface area contributed by atoms with Crippen LogP contribution in [-0.4, -0.2) is 22.3 Å². The molecule has 2 aromatic rings. The van der Waals surface area contributed by atoms with Gasteiger partial charge in [0.05, 0.1) is 16.5 Å². The molecule has 8 heteroatoms. The molecule has 0 amide bonds. The van der Waals surface area contributed by atoms with Gasteiger partial charge in [-0.05, 0) is 37.5 Å². The predicted molar refractivity (Wildman–Crippen MR) is 80.3 cm³/mol. The highest BCUT2D eigenvalue weighted by Gasteiger charge is 2.31. The normalized spacial score (nSPS) is 16.1. The summed E-state index contributed by atoms with van der Waals surface area (Å²) >= 11 is 0. The van der Waals surface area contributed by atoms with Crippen LogP contribution < -0.4 is 16.3 Å². The van der Waals surface area contributed by atoms with E-state index in [1.54, 1.807) is 5.01 Å². The third-order valence-electron chi connectivity index (χ3n) is 4.17. The molecule has 1 saturated heterocycles. The van der Waals surface area contributed by atoms with Crippen molar-refractivity contribution in [3.8, 4) is 0 Å². The predicted octanol–water partition coefficient (Wildman–Crippen LogP) is 1.84. The Morgan fingerprint density at radius 1 is 1.04 bits per heavy atom. The lowest BCUT2D eigenvalue weighted by atomic mass is 10.1. The number of halogens is 3. The fourth-order valence-electron chi connectivity index (χ4n) is 2.93. The summed E-state index contributed by atoms with van der Waals surface area (Å²) in [5, 5.41) is 1.69. The molecule has 1 aliphatic rings. The van der Waals surface area contributed by atoms with E-state index in [0.29, 0.717) is 13.1 Å². The summed E-state index contributed by atoms with van der Waals surface area (Å²) in [6, 6.07) is 2.93. The number of hydrogen-bond donors (Lipinski definition) is 0. The van der Waals surface area contributed by atoms with Gasteiger partial charge < -0.3 is 5.01 Å². The van der Waals surface area contributed by atoms with Crippen molar-refractivity contribution in [2.45, 2.75) is 25.4 Å². The van der Waals surface area contributed by atoms with Crippen LogP contribution >= 0.6 is 0 Å². The molecule has 0 unspecified atom stereocenters. The molecule has 1 aromatic heterocycles. The van der Waals surface area contributed by atoms with E-state index in [4.69, 9.17) is 0 Å². The van der Waals surface area contributed by atoms with Gasteiger partial charge in [-0.2, -0.15) is 13.2 Å². The van der Waals surface area contributed by atoms with E-state index >= 15 is 0 Å². The lowest BCUT2D eigenvalue weighted by molar-refractivity contribution is -0.137. The van der Waals surface area contributed by atoms with Gasteiger partial charge in [0.25, 0.3) is 5.56 Å². The van der Waals surface area contributed by atoms with Crippen LogP contribution in [0, 0.1) is 0 Å². The molecule has 124 valence electrons. The quantitative estimate of drug-likeness (QED) is 0.803. The van der Waals surface area contributed by atoms with E-state index in [9.17, 15) is 22.8 Å². The summed E-state index contributed by atoms with van der Waals surface area (Å²) in [7, 11) is 1.28. The van der Waals surface area contributed by atoms with Gasteiger partial charge in [0.2, 0.25) is 0 Å². The largest absolute Gasteiger partial charge is 0.416 e. The van der Waals surface area contributed by atoms with Crippen LogP contribution in [-0.2, 0) is 13.2 Å². The summed E-state index contributed by atoms with van der Waals surface area (Å²) in [6.45, 7) is 1.27. The van der Waals surface area contributed by atoms with Gasteiger partial charge in [-0.15, -0.1) is 0 Å². The van der Waals surface area contributed by atoms with Crippen molar-refractivity contribution >= 4 is 10.9 Å².